The molecule has 0 bridgehead atoms. The number of nitrogens with two attached hydrogens (primary N) is 1. The van der Waals surface area contributed by atoms with Gasteiger partial charge in [-0.3, -0.25) is 4.79 Å². The Labute approximate surface area is 155 Å². The van der Waals surface area contributed by atoms with Crippen LogP contribution in [-0.4, -0.2) is 42.7 Å². The topological polar surface area (TPSA) is 75.9 Å². The van der Waals surface area contributed by atoms with Crippen LogP contribution in [0.4, 0.5) is 11.4 Å². The summed E-state index contributed by atoms with van der Waals surface area (Å²) < 4.78 is 5.50. The molecule has 1 aliphatic heterocycles. The van der Waals surface area contributed by atoms with Gasteiger partial charge in [0.2, 0.25) is 5.91 Å². The Morgan fingerprint density at radius 2 is 1.92 bits per heavy atom. The minimum atomic E-state index is -0.564. The van der Waals surface area contributed by atoms with Crippen LogP contribution in [0.1, 0.15) is 57.3 Å². The van der Waals surface area contributed by atoms with Gasteiger partial charge in [0.25, 0.3) is 0 Å². The largest absolute Gasteiger partial charge is 0.456 e. The van der Waals surface area contributed by atoms with E-state index in [2.05, 4.69) is 11.8 Å². The molecule has 0 saturated heterocycles. The van der Waals surface area contributed by atoms with Crippen LogP contribution in [0.2, 0.25) is 0 Å². The third-order valence-electron chi connectivity index (χ3n) is 4.85. The molecule has 1 heterocycles. The van der Waals surface area contributed by atoms with E-state index in [1.807, 2.05) is 26.8 Å². The minimum absolute atomic E-state index is 0.0456. The number of carbonyl (C=O) groups is 2. The smallest absolute Gasteiger partial charge is 0.338 e. The molecule has 6 heteroatoms. The Bertz CT molecular complexity index is 707. The molecular weight excluding hydrogens is 330 g/mol. The fraction of sp³-hybridized carbons (Fsp3) is 0.600. The standard InChI is InChI=1S/C20H29N3O3/c1-5-14-12-22(15-7-8-15)16-9-6-13(19(25)26-20(2,3)4)10-17(16)23(14)18(24)11-21/h6,9-10,14-15H,5,7-8,11-12,21H2,1-4H3. The lowest BCUT2D eigenvalue weighted by Gasteiger charge is -2.43. The van der Waals surface area contributed by atoms with Crippen molar-refractivity contribution in [3.63, 3.8) is 0 Å². The van der Waals surface area contributed by atoms with Crippen LogP contribution in [0, 0.1) is 0 Å². The minimum Gasteiger partial charge on any atom is -0.456 e. The van der Waals surface area contributed by atoms with E-state index in [-0.39, 0.29) is 24.5 Å². The van der Waals surface area contributed by atoms with E-state index in [1.54, 1.807) is 17.0 Å². The van der Waals surface area contributed by atoms with Crippen LogP contribution in [0.3, 0.4) is 0 Å². The summed E-state index contributed by atoms with van der Waals surface area (Å²) in [6.07, 6.45) is 3.19. The first kappa shape index (κ1) is 18.7. The summed E-state index contributed by atoms with van der Waals surface area (Å²) in [5.74, 6) is -0.494. The number of anilines is 2. The quantitative estimate of drug-likeness (QED) is 0.837. The van der Waals surface area contributed by atoms with Gasteiger partial charge in [-0.2, -0.15) is 0 Å². The molecule has 6 nitrogen and oxygen atoms in total. The molecule has 1 aromatic carbocycles. The van der Waals surface area contributed by atoms with Crippen LogP contribution in [0.25, 0.3) is 0 Å². The molecule has 26 heavy (non-hydrogen) atoms. The number of ether oxygens (including phenoxy) is 1. The molecule has 0 aromatic heterocycles. The van der Waals surface area contributed by atoms with E-state index >= 15 is 0 Å². The van der Waals surface area contributed by atoms with Crippen molar-refractivity contribution in [2.75, 3.05) is 22.9 Å². The van der Waals surface area contributed by atoms with Crippen molar-refractivity contribution in [1.82, 2.24) is 0 Å². The summed E-state index contributed by atoms with van der Waals surface area (Å²) in [5, 5.41) is 0. The maximum absolute atomic E-state index is 12.6. The van der Waals surface area contributed by atoms with Crippen LogP contribution >= 0.6 is 0 Å². The number of hydrogen-bond acceptors (Lipinski definition) is 5. The molecule has 3 rings (SSSR count). The number of carbonyl (C=O) groups excluding carboxylic acids is 2. The number of hydrogen-bond donors (Lipinski definition) is 1. The van der Waals surface area contributed by atoms with E-state index < -0.39 is 5.60 Å². The molecular formula is C20H29N3O3. The fourth-order valence-corrected chi connectivity index (χ4v) is 3.51. The molecule has 2 N–H and O–H groups in total. The van der Waals surface area contributed by atoms with Crippen molar-refractivity contribution in [1.29, 1.82) is 0 Å². The van der Waals surface area contributed by atoms with E-state index in [0.717, 1.165) is 24.3 Å². The van der Waals surface area contributed by atoms with Gasteiger partial charge in [0, 0.05) is 12.6 Å². The summed E-state index contributed by atoms with van der Waals surface area (Å²) in [6, 6.07) is 6.11. The molecule has 1 fully saturated rings. The highest BCUT2D eigenvalue weighted by atomic mass is 16.6. The van der Waals surface area contributed by atoms with Crippen molar-refractivity contribution in [3.8, 4) is 0 Å². The SMILES string of the molecule is CCC1CN(C2CC2)c2ccc(C(=O)OC(C)(C)C)cc2N1C(=O)CN. The predicted molar refractivity (Wildman–Crippen MR) is 103 cm³/mol. The Balaban J connectivity index is 2.03. The molecule has 1 unspecified atom stereocenters. The number of fused-ring (bicyclic) bond motifs is 1. The number of nitrogens with zero attached hydrogens (tertiary/aromatic N) is 2. The van der Waals surface area contributed by atoms with E-state index in [1.165, 1.54) is 12.8 Å². The first-order valence-electron chi connectivity index (χ1n) is 9.41. The average molecular weight is 359 g/mol. The van der Waals surface area contributed by atoms with Crippen LogP contribution in [0.15, 0.2) is 18.2 Å². The highest BCUT2D eigenvalue weighted by molar-refractivity contribution is 6.02. The van der Waals surface area contributed by atoms with E-state index in [4.69, 9.17) is 10.5 Å². The van der Waals surface area contributed by atoms with Gasteiger partial charge in [-0.1, -0.05) is 6.92 Å². The van der Waals surface area contributed by atoms with Crippen molar-refractivity contribution >= 4 is 23.3 Å². The number of amides is 1. The van der Waals surface area contributed by atoms with Crippen molar-refractivity contribution in [3.05, 3.63) is 23.8 Å². The Kier molecular flexibility index (Phi) is 4.97. The van der Waals surface area contributed by atoms with Crippen molar-refractivity contribution in [2.24, 2.45) is 5.73 Å². The lowest BCUT2D eigenvalue weighted by atomic mass is 10.0. The number of benzene rings is 1. The van der Waals surface area contributed by atoms with Crippen molar-refractivity contribution < 1.29 is 14.3 Å². The molecule has 0 radical (unpaired) electrons. The number of rotatable bonds is 4. The zero-order valence-electron chi connectivity index (χ0n) is 16.1. The Morgan fingerprint density at radius 3 is 2.46 bits per heavy atom. The second-order valence-corrected chi connectivity index (χ2v) is 8.12. The Morgan fingerprint density at radius 1 is 1.23 bits per heavy atom. The van der Waals surface area contributed by atoms with Crippen LogP contribution < -0.4 is 15.5 Å². The lowest BCUT2D eigenvalue weighted by molar-refractivity contribution is -0.117. The van der Waals surface area contributed by atoms with Gasteiger partial charge in [-0.15, -0.1) is 0 Å². The second kappa shape index (κ2) is 6.91. The molecule has 2 aliphatic rings. The van der Waals surface area contributed by atoms with Gasteiger partial charge < -0.3 is 20.3 Å². The highest BCUT2D eigenvalue weighted by Gasteiger charge is 2.39. The maximum Gasteiger partial charge on any atom is 0.338 e. The average Bonchev–Trinajstić information content (AvgIpc) is 3.42. The van der Waals surface area contributed by atoms with Gasteiger partial charge in [0.15, 0.2) is 0 Å². The summed E-state index contributed by atoms with van der Waals surface area (Å²) >= 11 is 0. The molecule has 0 spiro atoms. The summed E-state index contributed by atoms with van der Waals surface area (Å²) in [4.78, 5) is 29.2. The monoisotopic (exact) mass is 359 g/mol. The zero-order valence-corrected chi connectivity index (χ0v) is 16.1. The highest BCUT2D eigenvalue weighted by Crippen LogP contribution is 2.42. The molecule has 142 valence electrons. The molecule has 1 aliphatic carbocycles. The predicted octanol–water partition coefficient (Wildman–Crippen LogP) is 2.69. The summed E-state index contributed by atoms with van der Waals surface area (Å²) in [6.45, 7) is 8.37. The van der Waals surface area contributed by atoms with Crippen LogP contribution in [0.5, 0.6) is 0 Å². The van der Waals surface area contributed by atoms with Gasteiger partial charge >= 0.3 is 5.97 Å². The molecule has 1 atom stereocenters. The third-order valence-corrected chi connectivity index (χ3v) is 4.85. The number of esters is 1. The Hall–Kier alpha value is -2.08. The molecule has 1 amide bonds. The molecule has 1 saturated carbocycles. The normalized spacial score (nSPS) is 20.0. The van der Waals surface area contributed by atoms with Crippen molar-refractivity contribution in [2.45, 2.75) is 64.6 Å². The fourth-order valence-electron chi connectivity index (χ4n) is 3.51. The van der Waals surface area contributed by atoms with Crippen LogP contribution in [-0.2, 0) is 9.53 Å². The van der Waals surface area contributed by atoms with E-state index in [9.17, 15) is 9.59 Å². The zero-order chi connectivity index (χ0) is 19.1. The first-order chi connectivity index (χ1) is 12.2. The van der Waals surface area contributed by atoms with E-state index in [0.29, 0.717) is 11.6 Å². The maximum atomic E-state index is 12.6. The van der Waals surface area contributed by atoms with Gasteiger partial charge in [0.05, 0.1) is 29.5 Å². The second-order valence-electron chi connectivity index (χ2n) is 8.12. The molecule has 1 aromatic rings. The first-order valence-corrected chi connectivity index (χ1v) is 9.41. The lowest BCUT2D eigenvalue weighted by Crippen LogP contribution is -2.53. The van der Waals surface area contributed by atoms with Gasteiger partial charge in [-0.05, 0) is 58.2 Å². The summed E-state index contributed by atoms with van der Waals surface area (Å²) in [7, 11) is 0. The van der Waals surface area contributed by atoms with Gasteiger partial charge in [0.1, 0.15) is 5.60 Å². The third kappa shape index (κ3) is 3.70. The van der Waals surface area contributed by atoms with Gasteiger partial charge in [-0.25, -0.2) is 4.79 Å². The summed E-state index contributed by atoms with van der Waals surface area (Å²) in [5.41, 5.74) is 7.34.